The molecule has 0 amide bonds. The maximum absolute atomic E-state index is 2.38. The van der Waals surface area contributed by atoms with E-state index in [2.05, 4.69) is 75.5 Å². The quantitative estimate of drug-likeness (QED) is 0.707. The predicted octanol–water partition coefficient (Wildman–Crippen LogP) is 5.66. The van der Waals surface area contributed by atoms with Gasteiger partial charge in [0.1, 0.15) is 0 Å². The van der Waals surface area contributed by atoms with Crippen LogP contribution in [0.25, 0.3) is 5.57 Å². The third kappa shape index (κ3) is 2.35. The van der Waals surface area contributed by atoms with E-state index in [-0.39, 0.29) is 0 Å². The molecule has 1 saturated heterocycles. The largest absolute Gasteiger partial charge is 0.146 e. The number of thioether (sulfide) groups is 2. The fourth-order valence-electron chi connectivity index (χ4n) is 3.68. The first-order valence-corrected chi connectivity index (χ1v) is 9.77. The normalized spacial score (nSPS) is 23.2. The fourth-order valence-corrected chi connectivity index (χ4v) is 6.85. The molecular formula is C18H24S2. The maximum Gasteiger partial charge on any atom is 0.0609 e. The van der Waals surface area contributed by atoms with E-state index < -0.39 is 0 Å². The van der Waals surface area contributed by atoms with Crippen molar-refractivity contribution in [2.45, 2.75) is 38.2 Å². The summed E-state index contributed by atoms with van der Waals surface area (Å²) in [4.78, 5) is 0. The molecule has 3 rings (SSSR count). The molecule has 0 nitrogen and oxygen atoms in total. The van der Waals surface area contributed by atoms with E-state index in [1.165, 1.54) is 17.1 Å². The second-order valence-electron chi connectivity index (χ2n) is 6.35. The Morgan fingerprint density at radius 2 is 1.60 bits per heavy atom. The van der Waals surface area contributed by atoms with E-state index in [1.807, 2.05) is 0 Å². The summed E-state index contributed by atoms with van der Waals surface area (Å²) in [6.07, 6.45) is 0. The van der Waals surface area contributed by atoms with Crippen molar-refractivity contribution in [2.24, 2.45) is 11.8 Å². The van der Waals surface area contributed by atoms with Crippen molar-refractivity contribution in [3.8, 4) is 0 Å². The van der Waals surface area contributed by atoms with Crippen LogP contribution in [0, 0.1) is 11.8 Å². The van der Waals surface area contributed by atoms with Gasteiger partial charge in [-0.15, -0.1) is 23.5 Å². The Morgan fingerprint density at radius 1 is 0.950 bits per heavy atom. The number of benzene rings is 1. The Hall–Kier alpha value is -0.340. The summed E-state index contributed by atoms with van der Waals surface area (Å²) in [5.41, 5.74) is 6.47. The second kappa shape index (κ2) is 5.81. The van der Waals surface area contributed by atoms with E-state index in [1.54, 1.807) is 16.7 Å². The summed E-state index contributed by atoms with van der Waals surface area (Å²) in [5, 5.41) is 0. The van der Waals surface area contributed by atoms with E-state index in [9.17, 15) is 0 Å². The molecule has 20 heavy (non-hydrogen) atoms. The average Bonchev–Trinajstić information content (AvgIpc) is 3.02. The van der Waals surface area contributed by atoms with Gasteiger partial charge < -0.3 is 0 Å². The molecule has 0 saturated carbocycles. The third-order valence-electron chi connectivity index (χ3n) is 4.35. The van der Waals surface area contributed by atoms with Crippen molar-refractivity contribution in [2.75, 3.05) is 11.5 Å². The Balaban J connectivity index is 2.15. The lowest BCUT2D eigenvalue weighted by Gasteiger charge is -2.25. The van der Waals surface area contributed by atoms with Gasteiger partial charge in [0.15, 0.2) is 0 Å². The van der Waals surface area contributed by atoms with Crippen molar-refractivity contribution in [3.05, 3.63) is 41.0 Å². The number of rotatable bonds is 3. The van der Waals surface area contributed by atoms with Gasteiger partial charge >= 0.3 is 0 Å². The number of hydrogen-bond acceptors (Lipinski definition) is 2. The molecule has 0 radical (unpaired) electrons. The molecule has 1 aromatic carbocycles. The van der Waals surface area contributed by atoms with Crippen LogP contribution in [-0.4, -0.2) is 16.1 Å². The van der Waals surface area contributed by atoms with Crippen LogP contribution >= 0.6 is 23.5 Å². The van der Waals surface area contributed by atoms with E-state index in [0.29, 0.717) is 17.8 Å². The minimum absolute atomic E-state index is 0.620. The summed E-state index contributed by atoms with van der Waals surface area (Å²) in [6.45, 7) is 9.46. The van der Waals surface area contributed by atoms with Gasteiger partial charge in [-0.05, 0) is 28.5 Å². The van der Waals surface area contributed by atoms with Crippen molar-refractivity contribution in [1.82, 2.24) is 0 Å². The van der Waals surface area contributed by atoms with Gasteiger partial charge in [0.2, 0.25) is 0 Å². The molecule has 1 heterocycles. The molecule has 0 spiro atoms. The first-order chi connectivity index (χ1) is 9.61. The monoisotopic (exact) mass is 304 g/mol. The van der Waals surface area contributed by atoms with Crippen LogP contribution < -0.4 is 0 Å². The summed E-state index contributed by atoms with van der Waals surface area (Å²) in [6, 6.07) is 9.14. The maximum atomic E-state index is 2.38. The van der Waals surface area contributed by atoms with Gasteiger partial charge in [-0.3, -0.25) is 0 Å². The molecule has 1 atom stereocenters. The van der Waals surface area contributed by atoms with Crippen LogP contribution in [0.1, 0.15) is 44.7 Å². The van der Waals surface area contributed by atoms with Gasteiger partial charge in [0.05, 0.1) is 4.58 Å². The standard InChI is InChI=1S/C18H24S2/c1-11(2)15-13-7-5-6-8-14(13)17(16(15)12(3)4)18-19-9-10-20-18/h5-8,11-12,17-18H,9-10H2,1-4H3. The molecule has 1 aliphatic carbocycles. The van der Waals surface area contributed by atoms with Crippen LogP contribution in [-0.2, 0) is 0 Å². The smallest absolute Gasteiger partial charge is 0.0609 e. The number of allylic oxidation sites excluding steroid dienone is 2. The van der Waals surface area contributed by atoms with Gasteiger partial charge in [0, 0.05) is 17.4 Å². The minimum Gasteiger partial charge on any atom is -0.146 e. The van der Waals surface area contributed by atoms with Gasteiger partial charge in [-0.25, -0.2) is 0 Å². The van der Waals surface area contributed by atoms with Crippen molar-refractivity contribution in [1.29, 1.82) is 0 Å². The van der Waals surface area contributed by atoms with Crippen LogP contribution in [0.2, 0.25) is 0 Å². The lowest BCUT2D eigenvalue weighted by molar-refractivity contribution is 0.682. The highest BCUT2D eigenvalue weighted by Gasteiger charge is 2.39. The molecule has 0 bridgehead atoms. The highest BCUT2D eigenvalue weighted by atomic mass is 32.2. The minimum atomic E-state index is 0.620. The third-order valence-corrected chi connectivity index (χ3v) is 7.51. The van der Waals surface area contributed by atoms with Crippen LogP contribution in [0.15, 0.2) is 29.8 Å². The van der Waals surface area contributed by atoms with Crippen molar-refractivity contribution < 1.29 is 0 Å². The van der Waals surface area contributed by atoms with Crippen LogP contribution in [0.5, 0.6) is 0 Å². The Morgan fingerprint density at radius 3 is 2.20 bits per heavy atom. The topological polar surface area (TPSA) is 0 Å². The Kier molecular flexibility index (Phi) is 4.24. The molecule has 2 heteroatoms. The molecular weight excluding hydrogens is 280 g/mol. The first-order valence-electron chi connectivity index (χ1n) is 7.67. The van der Waals surface area contributed by atoms with Crippen LogP contribution in [0.3, 0.4) is 0 Å². The lowest BCUT2D eigenvalue weighted by Crippen LogP contribution is -2.14. The predicted molar refractivity (Wildman–Crippen MR) is 94.5 cm³/mol. The molecule has 108 valence electrons. The molecule has 2 aliphatic rings. The van der Waals surface area contributed by atoms with Crippen molar-refractivity contribution >= 4 is 29.1 Å². The van der Waals surface area contributed by atoms with Gasteiger partial charge in [-0.1, -0.05) is 57.5 Å². The summed E-state index contributed by atoms with van der Waals surface area (Å²) in [7, 11) is 0. The fraction of sp³-hybridized carbons (Fsp3) is 0.556. The van der Waals surface area contributed by atoms with E-state index in [0.717, 1.165) is 4.58 Å². The number of hydrogen-bond donors (Lipinski definition) is 0. The molecule has 0 N–H and O–H groups in total. The average molecular weight is 305 g/mol. The summed E-state index contributed by atoms with van der Waals surface area (Å²) >= 11 is 4.33. The Labute approximate surface area is 131 Å². The molecule has 0 aromatic heterocycles. The van der Waals surface area contributed by atoms with Gasteiger partial charge in [0.25, 0.3) is 0 Å². The zero-order valence-electron chi connectivity index (χ0n) is 12.8. The Bertz CT molecular complexity index is 522. The zero-order valence-corrected chi connectivity index (χ0v) is 14.5. The highest BCUT2D eigenvalue weighted by molar-refractivity contribution is 8.20. The SMILES string of the molecule is CC(C)C1=C(C(C)C)C(C2SCCS2)c2ccccc21. The lowest BCUT2D eigenvalue weighted by atomic mass is 9.87. The number of fused-ring (bicyclic) bond motifs is 1. The van der Waals surface area contributed by atoms with Gasteiger partial charge in [-0.2, -0.15) is 0 Å². The molecule has 1 aromatic rings. The first kappa shape index (κ1) is 14.6. The van der Waals surface area contributed by atoms with E-state index >= 15 is 0 Å². The molecule has 1 aliphatic heterocycles. The van der Waals surface area contributed by atoms with Crippen molar-refractivity contribution in [3.63, 3.8) is 0 Å². The molecule has 1 fully saturated rings. The summed E-state index contributed by atoms with van der Waals surface area (Å²) in [5.74, 6) is 4.54. The highest BCUT2D eigenvalue weighted by Crippen LogP contribution is 2.55. The van der Waals surface area contributed by atoms with E-state index in [4.69, 9.17) is 0 Å². The summed E-state index contributed by atoms with van der Waals surface area (Å²) < 4.78 is 0.727. The van der Waals surface area contributed by atoms with Crippen LogP contribution in [0.4, 0.5) is 0 Å². The second-order valence-corrected chi connectivity index (χ2v) is 9.15. The molecule has 1 unspecified atom stereocenters. The zero-order chi connectivity index (χ0) is 14.3.